The molecule has 6 nitrogen and oxygen atoms in total. The molecule has 0 saturated heterocycles. The third kappa shape index (κ3) is 4.39. The number of hydrogen-bond acceptors (Lipinski definition) is 4. The summed E-state index contributed by atoms with van der Waals surface area (Å²) in [7, 11) is 3.15. The molecular weight excluding hydrogens is 423 g/mol. The summed E-state index contributed by atoms with van der Waals surface area (Å²) in [4.78, 5) is 26.8. The fraction of sp³-hybridized carbons (Fsp3) is 0.231. The number of amides is 2. The van der Waals surface area contributed by atoms with Crippen LogP contribution in [-0.4, -0.2) is 37.5 Å². The molecule has 0 spiro atoms. The quantitative estimate of drug-likeness (QED) is 0.620. The summed E-state index contributed by atoms with van der Waals surface area (Å²) in [6.07, 6.45) is 0.581. The van der Waals surface area contributed by atoms with Crippen LogP contribution in [0.15, 0.2) is 60.7 Å². The summed E-state index contributed by atoms with van der Waals surface area (Å²) in [5.41, 5.74) is 3.12. The number of carbonyl (C=O) groups is 2. The lowest BCUT2D eigenvalue weighted by atomic mass is 9.87. The number of ether oxygens (including phenoxy) is 2. The van der Waals surface area contributed by atoms with Gasteiger partial charge in [-0.25, -0.2) is 4.39 Å². The van der Waals surface area contributed by atoms with Gasteiger partial charge in [0.05, 0.1) is 25.8 Å². The minimum absolute atomic E-state index is 0.0916. The third-order valence-corrected chi connectivity index (χ3v) is 5.77. The highest BCUT2D eigenvalue weighted by Crippen LogP contribution is 2.41. The number of nitrogens with one attached hydrogen (secondary N) is 1. The summed E-state index contributed by atoms with van der Waals surface area (Å²) in [5.74, 6) is -0.203. The largest absolute Gasteiger partial charge is 0.493 e. The van der Waals surface area contributed by atoms with Crippen LogP contribution in [-0.2, 0) is 11.2 Å². The molecule has 0 saturated carbocycles. The number of anilines is 1. The highest BCUT2D eigenvalue weighted by atomic mass is 19.1. The van der Waals surface area contributed by atoms with Crippen molar-refractivity contribution in [3.63, 3.8) is 0 Å². The van der Waals surface area contributed by atoms with Crippen molar-refractivity contribution in [2.24, 2.45) is 0 Å². The Morgan fingerprint density at radius 2 is 1.70 bits per heavy atom. The van der Waals surface area contributed by atoms with Gasteiger partial charge < -0.3 is 19.7 Å². The standard InChI is InChI=1S/C26H25FN2O4/c1-16(30)28-19-9-10-22(27)21(14-19)26(31)29-12-11-18-13-23(32-2)24(33-3)15-20(18)25(29)17-7-5-4-6-8-17/h4-10,13-15,25H,11-12H2,1-3H3,(H,28,30). The molecule has 1 N–H and O–H groups in total. The first-order valence-electron chi connectivity index (χ1n) is 10.6. The molecule has 0 aromatic heterocycles. The monoisotopic (exact) mass is 448 g/mol. The Hall–Kier alpha value is -3.87. The van der Waals surface area contributed by atoms with E-state index in [9.17, 15) is 14.0 Å². The summed E-state index contributed by atoms with van der Waals surface area (Å²) in [6, 6.07) is 17.0. The number of hydrogen-bond donors (Lipinski definition) is 1. The van der Waals surface area contributed by atoms with Crippen LogP contribution in [0.4, 0.5) is 10.1 Å². The van der Waals surface area contributed by atoms with Gasteiger partial charge in [0, 0.05) is 19.2 Å². The van der Waals surface area contributed by atoms with Crippen molar-refractivity contribution in [2.75, 3.05) is 26.1 Å². The van der Waals surface area contributed by atoms with Crippen molar-refractivity contribution in [1.29, 1.82) is 0 Å². The van der Waals surface area contributed by atoms with Crippen molar-refractivity contribution in [3.8, 4) is 11.5 Å². The predicted octanol–water partition coefficient (Wildman–Crippen LogP) is 4.59. The fourth-order valence-corrected chi connectivity index (χ4v) is 4.28. The second-order valence-corrected chi connectivity index (χ2v) is 7.84. The fourth-order valence-electron chi connectivity index (χ4n) is 4.28. The van der Waals surface area contributed by atoms with Gasteiger partial charge in [-0.15, -0.1) is 0 Å². The van der Waals surface area contributed by atoms with Crippen molar-refractivity contribution < 1.29 is 23.5 Å². The number of rotatable bonds is 5. The summed E-state index contributed by atoms with van der Waals surface area (Å²) in [6.45, 7) is 1.75. The van der Waals surface area contributed by atoms with Crippen LogP contribution in [0.1, 0.15) is 40.0 Å². The average Bonchev–Trinajstić information content (AvgIpc) is 2.83. The van der Waals surface area contributed by atoms with Crippen LogP contribution in [0.5, 0.6) is 11.5 Å². The molecule has 170 valence electrons. The molecule has 4 rings (SSSR count). The topological polar surface area (TPSA) is 67.9 Å². The number of nitrogens with zero attached hydrogens (tertiary/aromatic N) is 1. The van der Waals surface area contributed by atoms with Crippen LogP contribution in [0.3, 0.4) is 0 Å². The summed E-state index contributed by atoms with van der Waals surface area (Å²) < 4.78 is 25.7. The molecule has 1 aliphatic rings. The molecule has 3 aromatic rings. The molecule has 2 amide bonds. The van der Waals surface area contributed by atoms with Gasteiger partial charge >= 0.3 is 0 Å². The molecule has 1 aliphatic heterocycles. The zero-order chi connectivity index (χ0) is 23.5. The van der Waals surface area contributed by atoms with E-state index in [0.717, 1.165) is 16.7 Å². The second-order valence-electron chi connectivity index (χ2n) is 7.84. The van der Waals surface area contributed by atoms with E-state index in [2.05, 4.69) is 5.32 Å². The molecule has 1 atom stereocenters. The Morgan fingerprint density at radius 3 is 2.36 bits per heavy atom. The lowest BCUT2D eigenvalue weighted by molar-refractivity contribution is -0.114. The molecule has 0 radical (unpaired) electrons. The van der Waals surface area contributed by atoms with Gasteiger partial charge in [0.2, 0.25) is 5.91 Å². The molecule has 33 heavy (non-hydrogen) atoms. The van der Waals surface area contributed by atoms with Crippen molar-refractivity contribution >= 4 is 17.5 Å². The maximum atomic E-state index is 14.8. The molecule has 0 aliphatic carbocycles. The number of benzene rings is 3. The van der Waals surface area contributed by atoms with Gasteiger partial charge in [0.25, 0.3) is 5.91 Å². The van der Waals surface area contributed by atoms with Gasteiger partial charge in [-0.2, -0.15) is 0 Å². The molecular formula is C26H25FN2O4. The molecule has 3 aromatic carbocycles. The normalized spacial score (nSPS) is 14.9. The van der Waals surface area contributed by atoms with Gasteiger partial charge in [-0.3, -0.25) is 9.59 Å². The zero-order valence-electron chi connectivity index (χ0n) is 18.7. The Labute approximate surface area is 191 Å². The zero-order valence-corrected chi connectivity index (χ0v) is 18.7. The first kappa shape index (κ1) is 22.3. The van der Waals surface area contributed by atoms with E-state index in [-0.39, 0.29) is 11.5 Å². The van der Waals surface area contributed by atoms with Crippen LogP contribution >= 0.6 is 0 Å². The van der Waals surface area contributed by atoms with Gasteiger partial charge in [-0.05, 0) is 53.4 Å². The number of halogens is 1. The number of fused-ring (bicyclic) bond motifs is 1. The molecule has 1 heterocycles. The Morgan fingerprint density at radius 1 is 1.00 bits per heavy atom. The van der Waals surface area contributed by atoms with Crippen molar-refractivity contribution in [3.05, 3.63) is 88.7 Å². The lowest BCUT2D eigenvalue weighted by Gasteiger charge is -2.38. The van der Waals surface area contributed by atoms with Gasteiger partial charge in [-0.1, -0.05) is 30.3 Å². The smallest absolute Gasteiger partial charge is 0.257 e. The first-order valence-corrected chi connectivity index (χ1v) is 10.6. The van der Waals surface area contributed by atoms with E-state index in [1.807, 2.05) is 42.5 Å². The number of carbonyl (C=O) groups excluding carboxylic acids is 2. The maximum absolute atomic E-state index is 14.8. The van der Waals surface area contributed by atoms with Crippen molar-refractivity contribution in [2.45, 2.75) is 19.4 Å². The summed E-state index contributed by atoms with van der Waals surface area (Å²) in [5, 5.41) is 2.61. The number of methoxy groups -OCH3 is 2. The Balaban J connectivity index is 1.82. The van der Waals surface area contributed by atoms with Crippen molar-refractivity contribution in [1.82, 2.24) is 4.90 Å². The Bertz CT molecular complexity index is 1200. The second kappa shape index (κ2) is 9.32. The molecule has 1 unspecified atom stereocenters. The highest BCUT2D eigenvalue weighted by molar-refractivity contribution is 5.97. The van der Waals surface area contributed by atoms with E-state index in [4.69, 9.17) is 9.47 Å². The van der Waals surface area contributed by atoms with E-state index < -0.39 is 17.8 Å². The van der Waals surface area contributed by atoms with E-state index in [0.29, 0.717) is 30.2 Å². The van der Waals surface area contributed by atoms with E-state index >= 15 is 0 Å². The Kier molecular flexibility index (Phi) is 6.31. The lowest BCUT2D eigenvalue weighted by Crippen LogP contribution is -2.41. The van der Waals surface area contributed by atoms with Crippen LogP contribution < -0.4 is 14.8 Å². The highest BCUT2D eigenvalue weighted by Gasteiger charge is 2.34. The molecule has 0 fully saturated rings. The van der Waals surface area contributed by atoms with E-state index in [1.54, 1.807) is 19.1 Å². The SMILES string of the molecule is COc1cc2c(cc1OC)C(c1ccccc1)N(C(=O)c1cc(NC(C)=O)ccc1F)CC2. The van der Waals surface area contributed by atoms with Gasteiger partial charge in [0.1, 0.15) is 5.82 Å². The minimum Gasteiger partial charge on any atom is -0.493 e. The minimum atomic E-state index is -0.640. The van der Waals surface area contributed by atoms with Crippen LogP contribution in [0, 0.1) is 5.82 Å². The van der Waals surface area contributed by atoms with Crippen LogP contribution in [0.25, 0.3) is 0 Å². The predicted molar refractivity (Wildman–Crippen MR) is 123 cm³/mol. The molecule has 7 heteroatoms. The average molecular weight is 448 g/mol. The third-order valence-electron chi connectivity index (χ3n) is 5.77. The summed E-state index contributed by atoms with van der Waals surface area (Å²) >= 11 is 0. The maximum Gasteiger partial charge on any atom is 0.257 e. The molecule has 0 bridgehead atoms. The van der Waals surface area contributed by atoms with Gasteiger partial charge in [0.15, 0.2) is 11.5 Å². The van der Waals surface area contributed by atoms with E-state index in [1.165, 1.54) is 25.1 Å². The van der Waals surface area contributed by atoms with Crippen LogP contribution in [0.2, 0.25) is 0 Å². The first-order chi connectivity index (χ1) is 15.9.